The maximum atomic E-state index is 13.0. The summed E-state index contributed by atoms with van der Waals surface area (Å²) >= 11 is 2.01. The average Bonchev–Trinajstić information content (AvgIpc) is 2.08. The van der Waals surface area contributed by atoms with Crippen LogP contribution >= 0.6 is 11.8 Å². The number of rotatable bonds is 3. The van der Waals surface area contributed by atoms with Crippen molar-refractivity contribution in [1.82, 2.24) is 4.57 Å². The first-order chi connectivity index (χ1) is 9.00. The second-order valence-electron chi connectivity index (χ2n) is 9.98. The monoisotopic (exact) mass is 345 g/mol. The summed E-state index contributed by atoms with van der Waals surface area (Å²) in [5.74, 6) is 0.447. The third-order valence-electron chi connectivity index (χ3n) is 4.89. The Morgan fingerprint density at radius 3 is 1.67 bits per heavy atom. The molecule has 0 radical (unpaired) electrons. The molecule has 0 bridgehead atoms. The van der Waals surface area contributed by atoms with E-state index in [1.54, 1.807) is 0 Å². The van der Waals surface area contributed by atoms with Crippen molar-refractivity contribution in [2.24, 2.45) is 0 Å². The molecule has 21 heavy (non-hydrogen) atoms. The van der Waals surface area contributed by atoms with Crippen molar-refractivity contribution >= 4 is 34.0 Å². The number of carbonyl (C=O) groups excluding carboxylic acids is 1. The van der Waals surface area contributed by atoms with Crippen LogP contribution in [0, 0.1) is 0 Å². The third-order valence-corrected chi connectivity index (χ3v) is 14.6. The predicted molar refractivity (Wildman–Crippen MR) is 102 cm³/mol. The second kappa shape index (κ2) is 5.41. The standard InChI is InChI=1S/C16H35NOSSi2/c1-15(2,3)19-14-12(20(7,8)9)13(18)17(14)21(10,11)16(4,5)6/h12,14H,1-11H3/t12-,14+/m0/s1. The molecule has 0 spiro atoms. The van der Waals surface area contributed by atoms with E-state index in [2.05, 4.69) is 78.8 Å². The van der Waals surface area contributed by atoms with E-state index in [-0.39, 0.29) is 15.3 Å². The highest BCUT2D eigenvalue weighted by Crippen LogP contribution is 2.54. The molecule has 5 heteroatoms. The second-order valence-corrected chi connectivity index (χ2v) is 22.4. The molecule has 1 fully saturated rings. The number of β-lactam (4-membered cyclic amide) rings is 1. The number of carbonyl (C=O) groups is 1. The van der Waals surface area contributed by atoms with Gasteiger partial charge in [-0.1, -0.05) is 74.3 Å². The molecule has 0 saturated carbocycles. The van der Waals surface area contributed by atoms with Gasteiger partial charge in [0.15, 0.2) is 8.24 Å². The number of nitrogens with zero attached hydrogens (tertiary/aromatic N) is 1. The van der Waals surface area contributed by atoms with Crippen molar-refractivity contribution in [3.05, 3.63) is 0 Å². The molecular formula is C16H35NOSSi2. The van der Waals surface area contributed by atoms with Gasteiger partial charge in [0.1, 0.15) is 0 Å². The quantitative estimate of drug-likeness (QED) is 0.504. The first-order valence-electron chi connectivity index (χ1n) is 8.01. The molecule has 0 aliphatic carbocycles. The van der Waals surface area contributed by atoms with E-state index in [1.807, 2.05) is 11.8 Å². The number of hydrogen-bond acceptors (Lipinski definition) is 2. The minimum absolute atomic E-state index is 0.198. The molecule has 0 aromatic rings. The topological polar surface area (TPSA) is 20.3 Å². The minimum atomic E-state index is -1.78. The van der Waals surface area contributed by atoms with Crippen LogP contribution < -0.4 is 0 Å². The van der Waals surface area contributed by atoms with Gasteiger partial charge in [0, 0.05) is 4.75 Å². The van der Waals surface area contributed by atoms with Crippen molar-refractivity contribution in [2.45, 2.75) is 95.0 Å². The fourth-order valence-corrected chi connectivity index (χ4v) is 10.6. The first kappa shape index (κ1) is 19.3. The summed E-state index contributed by atoms with van der Waals surface area (Å²) in [5, 5.41) is 0.606. The van der Waals surface area contributed by atoms with Gasteiger partial charge in [-0.05, 0) is 5.04 Å². The lowest BCUT2D eigenvalue weighted by atomic mass is 10.2. The van der Waals surface area contributed by atoms with Gasteiger partial charge in [-0.3, -0.25) is 4.79 Å². The summed E-state index contributed by atoms with van der Waals surface area (Å²) in [6.07, 6.45) is 0. The fourth-order valence-electron chi connectivity index (χ4n) is 2.70. The highest BCUT2D eigenvalue weighted by atomic mass is 32.2. The molecule has 1 rings (SSSR count). The molecule has 0 aromatic carbocycles. The van der Waals surface area contributed by atoms with E-state index < -0.39 is 16.3 Å². The molecule has 0 unspecified atom stereocenters. The van der Waals surface area contributed by atoms with E-state index in [1.165, 1.54) is 0 Å². The van der Waals surface area contributed by atoms with Crippen LogP contribution in [-0.2, 0) is 4.79 Å². The largest absolute Gasteiger partial charge is 0.357 e. The third kappa shape index (κ3) is 3.78. The number of thioether (sulfide) groups is 1. The lowest BCUT2D eigenvalue weighted by Gasteiger charge is -2.61. The van der Waals surface area contributed by atoms with Gasteiger partial charge in [0.2, 0.25) is 5.91 Å². The maximum Gasteiger partial charge on any atom is 0.218 e. The normalized spacial score (nSPS) is 25.1. The predicted octanol–water partition coefficient (Wildman–Crippen LogP) is 5.40. The van der Waals surface area contributed by atoms with Crippen molar-refractivity contribution in [2.75, 3.05) is 0 Å². The van der Waals surface area contributed by atoms with Crippen LogP contribution in [-0.4, -0.2) is 36.9 Å². The summed E-state index contributed by atoms with van der Waals surface area (Å²) < 4.78 is 2.52. The summed E-state index contributed by atoms with van der Waals surface area (Å²) in [4.78, 5) is 13.0. The van der Waals surface area contributed by atoms with Crippen LogP contribution in [0.25, 0.3) is 0 Å². The van der Waals surface area contributed by atoms with Gasteiger partial charge in [-0.15, -0.1) is 11.8 Å². The molecule has 0 N–H and O–H groups in total. The van der Waals surface area contributed by atoms with E-state index >= 15 is 0 Å². The zero-order chi connectivity index (χ0) is 17.0. The van der Waals surface area contributed by atoms with Gasteiger partial charge >= 0.3 is 0 Å². The Morgan fingerprint density at radius 2 is 1.38 bits per heavy atom. The van der Waals surface area contributed by atoms with Crippen LogP contribution in [0.3, 0.4) is 0 Å². The van der Waals surface area contributed by atoms with Gasteiger partial charge in [0.25, 0.3) is 0 Å². The highest BCUT2D eigenvalue weighted by molar-refractivity contribution is 8.01. The number of hydrogen-bond donors (Lipinski definition) is 0. The average molecular weight is 346 g/mol. The van der Waals surface area contributed by atoms with E-state index in [4.69, 9.17) is 0 Å². The molecule has 1 saturated heterocycles. The van der Waals surface area contributed by atoms with E-state index in [0.717, 1.165) is 0 Å². The molecule has 1 aliphatic heterocycles. The Morgan fingerprint density at radius 1 is 0.952 bits per heavy atom. The Bertz CT molecular complexity index is 415. The zero-order valence-electron chi connectivity index (χ0n) is 15.9. The van der Waals surface area contributed by atoms with Crippen LogP contribution in [0.2, 0.25) is 43.3 Å². The number of amides is 1. The van der Waals surface area contributed by atoms with E-state index in [9.17, 15) is 4.79 Å². The SMILES string of the molecule is CC(C)(C)S[C@@H]1[C@@H]([Si](C)(C)C)C(=O)N1[Si](C)(C)C(C)(C)C. The molecule has 1 aliphatic rings. The van der Waals surface area contributed by atoms with Gasteiger partial charge in [-0.2, -0.15) is 0 Å². The molecule has 1 heterocycles. The van der Waals surface area contributed by atoms with Crippen molar-refractivity contribution in [3.8, 4) is 0 Å². The molecular weight excluding hydrogens is 310 g/mol. The summed E-state index contributed by atoms with van der Waals surface area (Å²) in [6.45, 7) is 25.5. The summed E-state index contributed by atoms with van der Waals surface area (Å²) in [5.41, 5.74) is 0.288. The van der Waals surface area contributed by atoms with Crippen LogP contribution in [0.15, 0.2) is 0 Å². The zero-order valence-corrected chi connectivity index (χ0v) is 18.7. The van der Waals surface area contributed by atoms with Crippen molar-refractivity contribution < 1.29 is 4.79 Å². The molecule has 124 valence electrons. The molecule has 2 nitrogen and oxygen atoms in total. The molecule has 2 atom stereocenters. The smallest absolute Gasteiger partial charge is 0.218 e. The summed E-state index contributed by atoms with van der Waals surface area (Å²) in [6, 6.07) is 0. The Balaban J connectivity index is 3.18. The van der Waals surface area contributed by atoms with Crippen LogP contribution in [0.4, 0.5) is 0 Å². The van der Waals surface area contributed by atoms with Gasteiger partial charge in [0.05, 0.1) is 19.0 Å². The van der Waals surface area contributed by atoms with Crippen LogP contribution in [0.5, 0.6) is 0 Å². The van der Waals surface area contributed by atoms with Crippen molar-refractivity contribution in [3.63, 3.8) is 0 Å². The van der Waals surface area contributed by atoms with E-state index in [0.29, 0.717) is 11.3 Å². The lowest BCUT2D eigenvalue weighted by molar-refractivity contribution is -0.135. The van der Waals surface area contributed by atoms with Crippen molar-refractivity contribution in [1.29, 1.82) is 0 Å². The molecule has 1 amide bonds. The van der Waals surface area contributed by atoms with Gasteiger partial charge < -0.3 is 4.57 Å². The maximum absolute atomic E-state index is 13.0. The van der Waals surface area contributed by atoms with Crippen LogP contribution in [0.1, 0.15) is 41.5 Å². The Labute approximate surface area is 138 Å². The highest BCUT2D eigenvalue weighted by Gasteiger charge is 2.61. The summed E-state index contributed by atoms with van der Waals surface area (Å²) in [7, 11) is -3.25. The Hall–Kier alpha value is 0.254. The first-order valence-corrected chi connectivity index (χ1v) is 15.4. The molecule has 0 aromatic heterocycles. The Kier molecular flexibility index (Phi) is 4.97. The van der Waals surface area contributed by atoms with Gasteiger partial charge in [-0.25, -0.2) is 0 Å². The lowest BCUT2D eigenvalue weighted by Crippen LogP contribution is -2.73. The minimum Gasteiger partial charge on any atom is -0.357 e. The fraction of sp³-hybridized carbons (Fsp3) is 0.938.